The SMILES string of the molecule is C=C(N)OC(C)CC. The Bertz CT molecular complexity index is 80.6. The predicted octanol–water partition coefficient (Wildman–Crippen LogP) is 1.23. The number of hydrogen-bond donors (Lipinski definition) is 1. The quantitative estimate of drug-likeness (QED) is 0.561. The topological polar surface area (TPSA) is 35.2 Å². The van der Waals surface area contributed by atoms with Gasteiger partial charge in [0.1, 0.15) is 0 Å². The molecular weight excluding hydrogens is 102 g/mol. The second-order valence-corrected chi connectivity index (χ2v) is 1.80. The minimum Gasteiger partial charge on any atom is -0.477 e. The van der Waals surface area contributed by atoms with Crippen molar-refractivity contribution in [2.24, 2.45) is 5.73 Å². The van der Waals surface area contributed by atoms with E-state index in [2.05, 4.69) is 6.58 Å². The van der Waals surface area contributed by atoms with Crippen molar-refractivity contribution in [1.29, 1.82) is 0 Å². The van der Waals surface area contributed by atoms with Crippen LogP contribution in [0, 0.1) is 0 Å². The first-order valence-corrected chi connectivity index (χ1v) is 2.77. The minimum atomic E-state index is 0.201. The Morgan fingerprint density at radius 1 is 1.88 bits per heavy atom. The molecule has 1 atom stereocenters. The highest BCUT2D eigenvalue weighted by molar-refractivity contribution is 4.72. The highest BCUT2D eigenvalue weighted by Crippen LogP contribution is 1.97. The standard InChI is InChI=1S/C6H13NO/c1-4-5(2)8-6(3)7/h5H,3-4,7H2,1-2H3. The van der Waals surface area contributed by atoms with E-state index in [1.165, 1.54) is 0 Å². The molecule has 2 nitrogen and oxygen atoms in total. The Labute approximate surface area is 50.3 Å². The van der Waals surface area contributed by atoms with E-state index < -0.39 is 0 Å². The molecule has 2 N–H and O–H groups in total. The molecular formula is C6H13NO. The van der Waals surface area contributed by atoms with Crippen molar-refractivity contribution >= 4 is 0 Å². The zero-order valence-corrected chi connectivity index (χ0v) is 5.48. The Morgan fingerprint density at radius 2 is 2.38 bits per heavy atom. The lowest BCUT2D eigenvalue weighted by atomic mass is 10.3. The zero-order valence-electron chi connectivity index (χ0n) is 5.48. The van der Waals surface area contributed by atoms with Crippen LogP contribution in [0.4, 0.5) is 0 Å². The van der Waals surface area contributed by atoms with E-state index >= 15 is 0 Å². The van der Waals surface area contributed by atoms with Crippen molar-refractivity contribution < 1.29 is 4.74 Å². The van der Waals surface area contributed by atoms with E-state index in [0.717, 1.165) is 6.42 Å². The molecule has 8 heavy (non-hydrogen) atoms. The molecule has 0 saturated carbocycles. The lowest BCUT2D eigenvalue weighted by Crippen LogP contribution is -2.10. The monoisotopic (exact) mass is 115 g/mol. The fourth-order valence-electron chi connectivity index (χ4n) is 0.342. The summed E-state index contributed by atoms with van der Waals surface area (Å²) < 4.78 is 4.98. The average molecular weight is 115 g/mol. The maximum Gasteiger partial charge on any atom is 0.176 e. The molecule has 0 aliphatic rings. The van der Waals surface area contributed by atoms with Crippen LogP contribution in [0.2, 0.25) is 0 Å². The Balaban J connectivity index is 3.24. The summed E-state index contributed by atoms with van der Waals surface area (Å²) in [6, 6.07) is 0. The molecule has 1 unspecified atom stereocenters. The van der Waals surface area contributed by atoms with E-state index in [-0.39, 0.29) is 6.10 Å². The van der Waals surface area contributed by atoms with Gasteiger partial charge in [0.2, 0.25) is 0 Å². The van der Waals surface area contributed by atoms with Gasteiger partial charge in [-0.05, 0) is 19.9 Å². The molecule has 2 heteroatoms. The van der Waals surface area contributed by atoms with Crippen molar-refractivity contribution in [2.45, 2.75) is 26.4 Å². The van der Waals surface area contributed by atoms with Crippen LogP contribution in [0.3, 0.4) is 0 Å². The molecule has 0 aromatic heterocycles. The number of rotatable bonds is 3. The summed E-state index contributed by atoms with van der Waals surface area (Å²) in [4.78, 5) is 0. The van der Waals surface area contributed by atoms with Crippen LogP contribution in [0.25, 0.3) is 0 Å². The first kappa shape index (κ1) is 7.34. The Morgan fingerprint density at radius 3 is 2.50 bits per heavy atom. The third-order valence-corrected chi connectivity index (χ3v) is 0.927. The van der Waals surface area contributed by atoms with Crippen molar-refractivity contribution in [2.75, 3.05) is 0 Å². The van der Waals surface area contributed by atoms with Gasteiger partial charge in [0, 0.05) is 0 Å². The van der Waals surface area contributed by atoms with Crippen LogP contribution in [0.1, 0.15) is 20.3 Å². The average Bonchev–Trinajstić information content (AvgIpc) is 1.65. The molecule has 0 amide bonds. The summed E-state index contributed by atoms with van der Waals surface area (Å²) >= 11 is 0. The van der Waals surface area contributed by atoms with Crippen LogP contribution in [-0.4, -0.2) is 6.10 Å². The minimum absolute atomic E-state index is 0.201. The summed E-state index contributed by atoms with van der Waals surface area (Å²) in [7, 11) is 0. The molecule has 0 radical (unpaired) electrons. The molecule has 0 bridgehead atoms. The fraction of sp³-hybridized carbons (Fsp3) is 0.667. The summed E-state index contributed by atoms with van der Waals surface area (Å²) in [5.74, 6) is 0.305. The first-order chi connectivity index (χ1) is 3.66. The summed E-state index contributed by atoms with van der Waals surface area (Å²) in [5.41, 5.74) is 5.15. The van der Waals surface area contributed by atoms with Gasteiger partial charge in [0.25, 0.3) is 0 Å². The Kier molecular flexibility index (Phi) is 3.08. The molecule has 0 saturated heterocycles. The van der Waals surface area contributed by atoms with Gasteiger partial charge < -0.3 is 10.5 Å². The third kappa shape index (κ3) is 3.53. The van der Waals surface area contributed by atoms with Crippen LogP contribution < -0.4 is 5.73 Å². The lowest BCUT2D eigenvalue weighted by Gasteiger charge is -2.09. The third-order valence-electron chi connectivity index (χ3n) is 0.927. The van der Waals surface area contributed by atoms with E-state index in [4.69, 9.17) is 10.5 Å². The van der Waals surface area contributed by atoms with Crippen molar-refractivity contribution in [3.05, 3.63) is 12.5 Å². The second kappa shape index (κ2) is 3.36. The maximum atomic E-state index is 5.15. The van der Waals surface area contributed by atoms with E-state index in [9.17, 15) is 0 Å². The second-order valence-electron chi connectivity index (χ2n) is 1.80. The van der Waals surface area contributed by atoms with Gasteiger partial charge in [0.15, 0.2) is 5.88 Å². The molecule has 0 spiro atoms. The van der Waals surface area contributed by atoms with E-state index in [1.807, 2.05) is 13.8 Å². The Hall–Kier alpha value is -0.660. The summed E-state index contributed by atoms with van der Waals surface area (Å²) in [5, 5.41) is 0. The van der Waals surface area contributed by atoms with Gasteiger partial charge in [-0.3, -0.25) is 0 Å². The smallest absolute Gasteiger partial charge is 0.176 e. The number of ether oxygens (including phenoxy) is 1. The highest BCUT2D eigenvalue weighted by atomic mass is 16.5. The predicted molar refractivity (Wildman–Crippen MR) is 34.2 cm³/mol. The van der Waals surface area contributed by atoms with Crippen LogP contribution in [0.5, 0.6) is 0 Å². The zero-order chi connectivity index (χ0) is 6.57. The van der Waals surface area contributed by atoms with Gasteiger partial charge in [-0.25, -0.2) is 0 Å². The van der Waals surface area contributed by atoms with Crippen molar-refractivity contribution in [3.8, 4) is 0 Å². The van der Waals surface area contributed by atoms with Gasteiger partial charge in [-0.15, -0.1) is 0 Å². The molecule has 0 aliphatic heterocycles. The fourth-order valence-corrected chi connectivity index (χ4v) is 0.342. The first-order valence-electron chi connectivity index (χ1n) is 2.77. The van der Waals surface area contributed by atoms with E-state index in [0.29, 0.717) is 5.88 Å². The molecule has 0 aliphatic carbocycles. The van der Waals surface area contributed by atoms with Gasteiger partial charge in [-0.2, -0.15) is 0 Å². The maximum absolute atomic E-state index is 5.15. The van der Waals surface area contributed by atoms with Crippen molar-refractivity contribution in [1.82, 2.24) is 0 Å². The summed E-state index contributed by atoms with van der Waals surface area (Å²) in [6.07, 6.45) is 1.17. The number of hydrogen-bond acceptors (Lipinski definition) is 2. The molecule has 0 fully saturated rings. The van der Waals surface area contributed by atoms with Crippen molar-refractivity contribution in [3.63, 3.8) is 0 Å². The van der Waals surface area contributed by atoms with Crippen LogP contribution in [-0.2, 0) is 4.74 Å². The normalized spacial score (nSPS) is 12.8. The molecule has 0 aromatic rings. The summed E-state index contributed by atoms with van der Waals surface area (Å²) in [6.45, 7) is 7.39. The molecule has 0 aromatic carbocycles. The van der Waals surface area contributed by atoms with Crippen LogP contribution >= 0.6 is 0 Å². The highest BCUT2D eigenvalue weighted by Gasteiger charge is 1.95. The lowest BCUT2D eigenvalue weighted by molar-refractivity contribution is 0.127. The van der Waals surface area contributed by atoms with Gasteiger partial charge in [0.05, 0.1) is 6.10 Å². The van der Waals surface area contributed by atoms with E-state index in [1.54, 1.807) is 0 Å². The largest absolute Gasteiger partial charge is 0.477 e. The molecule has 48 valence electrons. The van der Waals surface area contributed by atoms with Gasteiger partial charge in [-0.1, -0.05) is 6.92 Å². The molecule has 0 heterocycles. The van der Waals surface area contributed by atoms with Crippen LogP contribution in [0.15, 0.2) is 12.5 Å². The molecule has 0 rings (SSSR count). The van der Waals surface area contributed by atoms with Gasteiger partial charge >= 0.3 is 0 Å². The number of nitrogens with two attached hydrogens (primary N) is 1.